The van der Waals surface area contributed by atoms with Crippen LogP contribution in [-0.4, -0.2) is 43.1 Å². The summed E-state index contributed by atoms with van der Waals surface area (Å²) < 4.78 is 5.63. The summed E-state index contributed by atoms with van der Waals surface area (Å²) in [6, 6.07) is 15.1. The quantitative estimate of drug-likeness (QED) is 0.437. The molecular formula is C23H26N6O2S. The Balaban J connectivity index is 1.62. The van der Waals surface area contributed by atoms with Crippen molar-refractivity contribution in [2.45, 2.75) is 33.5 Å². The number of fused-ring (bicyclic) bond motifs is 3. The Labute approximate surface area is 190 Å². The number of para-hydroxylation sites is 1. The lowest BCUT2D eigenvalue weighted by Gasteiger charge is -2.16. The van der Waals surface area contributed by atoms with Crippen LogP contribution in [-0.2, 0) is 18.0 Å². The van der Waals surface area contributed by atoms with Crippen LogP contribution in [0.3, 0.4) is 0 Å². The number of anilines is 1. The number of carbonyl (C=O) groups excluding carboxylic acids is 1. The molecule has 0 saturated heterocycles. The average Bonchev–Trinajstić information content (AvgIpc) is 3.08. The van der Waals surface area contributed by atoms with Crippen LogP contribution in [0.4, 0.5) is 5.69 Å². The molecule has 0 bridgehead atoms. The zero-order chi connectivity index (χ0) is 22.8. The number of rotatable bonds is 7. The fourth-order valence-corrected chi connectivity index (χ4v) is 4.02. The predicted molar refractivity (Wildman–Crippen MR) is 129 cm³/mol. The maximum atomic E-state index is 13.0. The van der Waals surface area contributed by atoms with Gasteiger partial charge in [0.05, 0.1) is 24.1 Å². The molecule has 4 aromatic rings. The summed E-state index contributed by atoms with van der Waals surface area (Å²) in [5, 5.41) is 8.15. The van der Waals surface area contributed by atoms with Gasteiger partial charge in [-0.1, -0.05) is 36.8 Å². The van der Waals surface area contributed by atoms with Gasteiger partial charge in [0, 0.05) is 12.2 Å². The van der Waals surface area contributed by atoms with E-state index in [2.05, 4.69) is 10.4 Å². The highest BCUT2D eigenvalue weighted by atomic mass is 32.1. The number of amides is 1. The van der Waals surface area contributed by atoms with Crippen molar-refractivity contribution in [3.05, 3.63) is 69.2 Å². The predicted octanol–water partition coefficient (Wildman–Crippen LogP) is 3.43. The van der Waals surface area contributed by atoms with Gasteiger partial charge in [-0.2, -0.15) is 0 Å². The molecule has 1 amide bonds. The largest absolute Gasteiger partial charge is 0.325 e. The monoisotopic (exact) mass is 450 g/mol. The molecule has 0 unspecified atom stereocenters. The molecule has 9 heteroatoms. The van der Waals surface area contributed by atoms with Crippen molar-refractivity contribution < 1.29 is 4.79 Å². The van der Waals surface area contributed by atoms with Gasteiger partial charge in [0.1, 0.15) is 0 Å². The molecule has 8 nitrogen and oxygen atoms in total. The van der Waals surface area contributed by atoms with Crippen molar-refractivity contribution in [2.75, 3.05) is 18.9 Å². The molecule has 0 atom stereocenters. The van der Waals surface area contributed by atoms with Gasteiger partial charge in [-0.3, -0.25) is 23.5 Å². The van der Waals surface area contributed by atoms with E-state index in [1.165, 1.54) is 0 Å². The molecule has 0 fully saturated rings. The van der Waals surface area contributed by atoms with Crippen molar-refractivity contribution in [1.82, 2.24) is 23.6 Å². The number of carbonyl (C=O) groups is 1. The summed E-state index contributed by atoms with van der Waals surface area (Å²) in [4.78, 5) is 27.3. The minimum atomic E-state index is -0.125. The average molecular weight is 451 g/mol. The summed E-state index contributed by atoms with van der Waals surface area (Å²) in [6.07, 6.45) is 0.798. The van der Waals surface area contributed by atoms with Gasteiger partial charge in [-0.15, -0.1) is 5.10 Å². The second-order valence-electron chi connectivity index (χ2n) is 7.96. The Morgan fingerprint density at radius 2 is 1.88 bits per heavy atom. The van der Waals surface area contributed by atoms with Gasteiger partial charge in [-0.05, 0) is 56.9 Å². The molecule has 1 N–H and O–H groups in total. The lowest BCUT2D eigenvalue weighted by atomic mass is 10.2. The first-order chi connectivity index (χ1) is 15.4. The first-order valence-electron chi connectivity index (χ1n) is 10.5. The molecule has 0 spiro atoms. The minimum absolute atomic E-state index is 0.0760. The van der Waals surface area contributed by atoms with Gasteiger partial charge in [-0.25, -0.2) is 4.68 Å². The van der Waals surface area contributed by atoms with Crippen LogP contribution in [0.15, 0.2) is 53.3 Å². The van der Waals surface area contributed by atoms with Crippen molar-refractivity contribution >= 4 is 40.5 Å². The maximum Gasteiger partial charge on any atom is 0.262 e. The number of benzene rings is 2. The third kappa shape index (κ3) is 4.21. The Kier molecular flexibility index (Phi) is 6.20. The van der Waals surface area contributed by atoms with E-state index >= 15 is 0 Å². The van der Waals surface area contributed by atoms with Crippen molar-refractivity contribution in [2.24, 2.45) is 0 Å². The number of hydrogen-bond donors (Lipinski definition) is 1. The Bertz CT molecular complexity index is 1400. The molecule has 0 aliphatic heterocycles. The zero-order valence-electron chi connectivity index (χ0n) is 18.4. The summed E-state index contributed by atoms with van der Waals surface area (Å²) >= 11 is 5.71. The lowest BCUT2D eigenvalue weighted by Crippen LogP contribution is -2.32. The Hall–Kier alpha value is -3.30. The normalized spacial score (nSPS) is 11.5. The number of hydrogen-bond acceptors (Lipinski definition) is 5. The third-order valence-electron chi connectivity index (χ3n) is 5.26. The van der Waals surface area contributed by atoms with Crippen LogP contribution in [0.1, 0.15) is 18.9 Å². The summed E-state index contributed by atoms with van der Waals surface area (Å²) in [5.41, 5.74) is 2.55. The van der Waals surface area contributed by atoms with E-state index in [1.54, 1.807) is 9.25 Å². The van der Waals surface area contributed by atoms with Crippen LogP contribution >= 0.6 is 12.2 Å². The summed E-state index contributed by atoms with van der Waals surface area (Å²) in [5.74, 6) is 0.387. The van der Waals surface area contributed by atoms with E-state index in [-0.39, 0.29) is 18.0 Å². The Morgan fingerprint density at radius 1 is 1.16 bits per heavy atom. The molecule has 0 aliphatic rings. The molecule has 2 aromatic heterocycles. The highest BCUT2D eigenvalue weighted by molar-refractivity contribution is 7.71. The van der Waals surface area contributed by atoms with Crippen LogP contribution in [0.2, 0.25) is 0 Å². The number of aryl methyl sites for hydroxylation is 2. The number of nitrogens with zero attached hydrogens (tertiary/aromatic N) is 5. The molecule has 166 valence electrons. The molecule has 4 rings (SSSR count). The minimum Gasteiger partial charge on any atom is -0.325 e. The van der Waals surface area contributed by atoms with Gasteiger partial charge < -0.3 is 5.32 Å². The van der Waals surface area contributed by atoms with E-state index in [1.807, 2.05) is 78.7 Å². The second kappa shape index (κ2) is 9.05. The molecule has 2 heterocycles. The van der Waals surface area contributed by atoms with Gasteiger partial charge >= 0.3 is 0 Å². The van der Waals surface area contributed by atoms with E-state index in [9.17, 15) is 9.59 Å². The second-order valence-corrected chi connectivity index (χ2v) is 8.33. The molecule has 2 aromatic carbocycles. The topological polar surface area (TPSA) is 76.6 Å². The highest BCUT2D eigenvalue weighted by Gasteiger charge is 2.16. The fraction of sp³-hybridized carbons (Fsp3) is 0.304. The first kappa shape index (κ1) is 21.9. The molecule has 0 radical (unpaired) electrons. The van der Waals surface area contributed by atoms with Crippen molar-refractivity contribution in [1.29, 1.82) is 0 Å². The molecular weight excluding hydrogens is 424 g/mol. The van der Waals surface area contributed by atoms with Crippen molar-refractivity contribution in [3.63, 3.8) is 0 Å². The van der Waals surface area contributed by atoms with E-state index in [0.29, 0.717) is 29.1 Å². The van der Waals surface area contributed by atoms with Crippen LogP contribution in [0, 0.1) is 11.7 Å². The Morgan fingerprint density at radius 3 is 2.59 bits per heavy atom. The summed E-state index contributed by atoms with van der Waals surface area (Å²) in [6.45, 7) is 5.06. The molecule has 0 aliphatic carbocycles. The van der Waals surface area contributed by atoms with Crippen molar-refractivity contribution in [3.8, 4) is 0 Å². The highest BCUT2D eigenvalue weighted by Crippen LogP contribution is 2.15. The lowest BCUT2D eigenvalue weighted by molar-refractivity contribution is -0.117. The van der Waals surface area contributed by atoms with Crippen LogP contribution in [0.5, 0.6) is 0 Å². The molecule has 0 saturated carbocycles. The van der Waals surface area contributed by atoms with E-state index in [0.717, 1.165) is 23.2 Å². The third-order valence-corrected chi connectivity index (χ3v) is 5.65. The first-order valence-corrected chi connectivity index (χ1v) is 11.0. The fourth-order valence-electron chi connectivity index (χ4n) is 3.75. The standard InChI is InChI=1S/C23H26N6O2S/c1-4-13-27-21(31)18-7-5-6-8-19(18)29-22(27)25-28(23(29)32)15-26(3)14-20(30)24-17-11-9-16(2)10-12-17/h5-12H,4,13-15H2,1-3H3,(H,24,30). The zero-order valence-corrected chi connectivity index (χ0v) is 19.2. The number of aromatic nitrogens is 4. The number of likely N-dealkylation sites (N-methyl/N-ethyl adjacent to an activating group) is 1. The maximum absolute atomic E-state index is 13.0. The van der Waals surface area contributed by atoms with Crippen LogP contribution in [0.25, 0.3) is 16.7 Å². The molecule has 32 heavy (non-hydrogen) atoms. The van der Waals surface area contributed by atoms with E-state index in [4.69, 9.17) is 12.2 Å². The SMILES string of the molecule is CCCn1c(=O)c2ccccc2n2c(=S)n(CN(C)CC(=O)Nc3ccc(C)cc3)nc12. The number of nitrogens with one attached hydrogen (secondary N) is 1. The van der Waals surface area contributed by atoms with Gasteiger partial charge in [0.15, 0.2) is 0 Å². The van der Waals surface area contributed by atoms with Crippen LogP contribution < -0.4 is 10.9 Å². The smallest absolute Gasteiger partial charge is 0.262 e. The summed E-state index contributed by atoms with van der Waals surface area (Å²) in [7, 11) is 1.83. The van der Waals surface area contributed by atoms with Gasteiger partial charge in [0.2, 0.25) is 16.5 Å². The van der Waals surface area contributed by atoms with E-state index < -0.39 is 0 Å². The van der Waals surface area contributed by atoms with Gasteiger partial charge in [0.25, 0.3) is 5.56 Å².